The normalized spacial score (nSPS) is 13.4. The molecule has 0 aliphatic rings. The first-order valence-electron chi connectivity index (χ1n) is 7.86. The third-order valence-corrected chi connectivity index (χ3v) is 4.45. The second-order valence-electron chi connectivity index (χ2n) is 7.12. The largest absolute Gasteiger partial charge is 0.388 e. The first kappa shape index (κ1) is 16.1. The van der Waals surface area contributed by atoms with Crippen LogP contribution in [0.1, 0.15) is 38.0 Å². The van der Waals surface area contributed by atoms with Crippen LogP contribution in [-0.2, 0) is 6.54 Å². The van der Waals surface area contributed by atoms with Crippen LogP contribution in [0.4, 0.5) is 0 Å². The Kier molecular flexibility index (Phi) is 4.22. The van der Waals surface area contributed by atoms with Crippen LogP contribution in [0.3, 0.4) is 0 Å². The monoisotopic (exact) mass is 327 g/mol. The van der Waals surface area contributed by atoms with Crippen molar-refractivity contribution >= 4 is 22.5 Å². The zero-order valence-corrected chi connectivity index (χ0v) is 14.5. The fourth-order valence-electron chi connectivity index (χ4n) is 2.88. The van der Waals surface area contributed by atoms with Crippen molar-refractivity contribution in [3.8, 4) is 0 Å². The minimum atomic E-state index is -0.501. The molecule has 3 rings (SSSR count). The van der Waals surface area contributed by atoms with E-state index in [1.165, 1.54) is 5.56 Å². The summed E-state index contributed by atoms with van der Waals surface area (Å²) >= 11 is 5.97. The third kappa shape index (κ3) is 3.29. The van der Waals surface area contributed by atoms with Crippen LogP contribution in [0, 0.1) is 5.41 Å². The summed E-state index contributed by atoms with van der Waals surface area (Å²) in [4.78, 5) is 0. The fraction of sp³-hybridized carbons (Fsp3) is 0.300. The van der Waals surface area contributed by atoms with Crippen LogP contribution < -0.4 is 0 Å². The zero-order chi connectivity index (χ0) is 16.6. The number of rotatable bonds is 3. The molecule has 2 aromatic carbocycles. The topological polar surface area (TPSA) is 25.2 Å². The van der Waals surface area contributed by atoms with Gasteiger partial charge in [-0.3, -0.25) is 0 Å². The average Bonchev–Trinajstić information content (AvgIpc) is 2.87. The van der Waals surface area contributed by atoms with Gasteiger partial charge < -0.3 is 9.67 Å². The molecule has 0 aliphatic carbocycles. The van der Waals surface area contributed by atoms with Gasteiger partial charge in [-0.2, -0.15) is 0 Å². The van der Waals surface area contributed by atoms with E-state index in [1.54, 1.807) is 0 Å². The van der Waals surface area contributed by atoms with Crippen LogP contribution in [0.25, 0.3) is 10.9 Å². The van der Waals surface area contributed by atoms with E-state index >= 15 is 0 Å². The summed E-state index contributed by atoms with van der Waals surface area (Å²) in [6.07, 6.45) is 1.58. The minimum Gasteiger partial charge on any atom is -0.388 e. The van der Waals surface area contributed by atoms with Gasteiger partial charge >= 0.3 is 0 Å². The first-order chi connectivity index (χ1) is 10.9. The molecule has 23 heavy (non-hydrogen) atoms. The van der Waals surface area contributed by atoms with E-state index in [4.69, 9.17) is 11.6 Å². The molecular weight excluding hydrogens is 306 g/mol. The quantitative estimate of drug-likeness (QED) is 0.682. The molecule has 0 bridgehead atoms. The van der Waals surface area contributed by atoms with E-state index in [0.29, 0.717) is 0 Å². The van der Waals surface area contributed by atoms with E-state index in [0.717, 1.165) is 28.0 Å². The molecule has 1 aromatic heterocycles. The molecule has 0 saturated carbocycles. The molecule has 0 spiro atoms. The standard InChI is InChI=1S/C20H22ClNO/c1-20(2,3)19(23)17-13-22(18-7-5-4-6-16(17)18)12-14-8-10-15(21)11-9-14/h4-11,13,19,23H,12H2,1-3H3. The SMILES string of the molecule is CC(C)(C)C(O)c1cn(Cc2ccc(Cl)cc2)c2ccccc12. The van der Waals surface area contributed by atoms with Gasteiger partial charge in [0.1, 0.15) is 0 Å². The van der Waals surface area contributed by atoms with Gasteiger partial charge in [-0.25, -0.2) is 0 Å². The predicted octanol–water partition coefficient (Wildman–Crippen LogP) is 5.42. The molecule has 1 unspecified atom stereocenters. The Morgan fingerprint density at radius 2 is 1.70 bits per heavy atom. The van der Waals surface area contributed by atoms with Gasteiger partial charge in [0.15, 0.2) is 0 Å². The number of fused-ring (bicyclic) bond motifs is 1. The first-order valence-corrected chi connectivity index (χ1v) is 8.24. The van der Waals surface area contributed by atoms with E-state index < -0.39 is 6.10 Å². The molecule has 2 nitrogen and oxygen atoms in total. The van der Waals surface area contributed by atoms with Gasteiger partial charge in [0.05, 0.1) is 6.10 Å². The molecule has 0 saturated heterocycles. The van der Waals surface area contributed by atoms with Gasteiger partial charge in [-0.1, -0.05) is 62.7 Å². The highest BCUT2D eigenvalue weighted by molar-refractivity contribution is 6.30. The smallest absolute Gasteiger partial charge is 0.0858 e. The van der Waals surface area contributed by atoms with Crippen LogP contribution in [0.15, 0.2) is 54.7 Å². The number of para-hydroxylation sites is 1. The Balaban J connectivity index is 2.06. The van der Waals surface area contributed by atoms with Crippen molar-refractivity contribution < 1.29 is 5.11 Å². The molecule has 0 fully saturated rings. The van der Waals surface area contributed by atoms with E-state index in [2.05, 4.69) is 43.7 Å². The number of nitrogens with zero attached hydrogens (tertiary/aromatic N) is 1. The summed E-state index contributed by atoms with van der Waals surface area (Å²) in [6, 6.07) is 16.1. The maximum atomic E-state index is 10.7. The maximum Gasteiger partial charge on any atom is 0.0858 e. The Bertz CT molecular complexity index is 812. The molecule has 120 valence electrons. The molecule has 0 amide bonds. The van der Waals surface area contributed by atoms with Crippen LogP contribution in [-0.4, -0.2) is 9.67 Å². The lowest BCUT2D eigenvalue weighted by Crippen LogP contribution is -2.17. The highest BCUT2D eigenvalue weighted by Gasteiger charge is 2.26. The molecular formula is C20H22ClNO. The number of halogens is 1. The second-order valence-corrected chi connectivity index (χ2v) is 7.56. The van der Waals surface area contributed by atoms with Gasteiger partial charge in [-0.05, 0) is 29.2 Å². The molecule has 1 atom stereocenters. The highest BCUT2D eigenvalue weighted by atomic mass is 35.5. The van der Waals surface area contributed by atoms with Crippen LogP contribution in [0.2, 0.25) is 5.02 Å². The minimum absolute atomic E-state index is 0.199. The van der Waals surface area contributed by atoms with Crippen molar-refractivity contribution in [2.45, 2.75) is 33.4 Å². The van der Waals surface area contributed by atoms with E-state index in [1.807, 2.05) is 36.4 Å². The van der Waals surface area contributed by atoms with Crippen molar-refractivity contribution in [3.63, 3.8) is 0 Å². The summed E-state index contributed by atoms with van der Waals surface area (Å²) < 4.78 is 2.20. The Hall–Kier alpha value is -1.77. The van der Waals surface area contributed by atoms with Crippen LogP contribution in [0.5, 0.6) is 0 Å². The molecule has 0 radical (unpaired) electrons. The van der Waals surface area contributed by atoms with E-state index in [-0.39, 0.29) is 5.41 Å². The Morgan fingerprint density at radius 1 is 1.04 bits per heavy atom. The van der Waals surface area contributed by atoms with Crippen molar-refractivity contribution in [1.82, 2.24) is 4.57 Å². The maximum absolute atomic E-state index is 10.7. The van der Waals surface area contributed by atoms with Crippen molar-refractivity contribution in [2.24, 2.45) is 5.41 Å². The van der Waals surface area contributed by atoms with E-state index in [9.17, 15) is 5.11 Å². The van der Waals surface area contributed by atoms with Crippen molar-refractivity contribution in [3.05, 3.63) is 70.9 Å². The van der Waals surface area contributed by atoms with Gasteiger partial charge in [0.25, 0.3) is 0 Å². The summed E-state index contributed by atoms with van der Waals surface area (Å²) in [5, 5.41) is 12.6. The van der Waals surface area contributed by atoms with Gasteiger partial charge in [0, 0.05) is 34.2 Å². The summed E-state index contributed by atoms with van der Waals surface area (Å²) in [5.74, 6) is 0. The number of hydrogen-bond acceptors (Lipinski definition) is 1. The summed E-state index contributed by atoms with van der Waals surface area (Å²) in [5.41, 5.74) is 3.12. The third-order valence-electron chi connectivity index (χ3n) is 4.20. The number of hydrogen-bond donors (Lipinski definition) is 1. The molecule has 1 heterocycles. The molecule has 0 aliphatic heterocycles. The average molecular weight is 328 g/mol. The Morgan fingerprint density at radius 3 is 2.35 bits per heavy atom. The number of benzene rings is 2. The zero-order valence-electron chi connectivity index (χ0n) is 13.8. The predicted molar refractivity (Wildman–Crippen MR) is 96.9 cm³/mol. The van der Waals surface area contributed by atoms with Gasteiger partial charge in [0.2, 0.25) is 0 Å². The lowest BCUT2D eigenvalue weighted by Gasteiger charge is -2.25. The summed E-state index contributed by atoms with van der Waals surface area (Å²) in [6.45, 7) is 6.93. The fourth-order valence-corrected chi connectivity index (χ4v) is 3.00. The van der Waals surface area contributed by atoms with Crippen molar-refractivity contribution in [1.29, 1.82) is 0 Å². The number of aliphatic hydroxyl groups excluding tert-OH is 1. The number of aliphatic hydroxyl groups is 1. The number of aromatic nitrogens is 1. The lowest BCUT2D eigenvalue weighted by atomic mass is 9.85. The Labute approximate surface area is 142 Å². The van der Waals surface area contributed by atoms with Crippen molar-refractivity contribution in [2.75, 3.05) is 0 Å². The highest BCUT2D eigenvalue weighted by Crippen LogP contribution is 2.37. The summed E-state index contributed by atoms with van der Waals surface area (Å²) in [7, 11) is 0. The molecule has 3 heteroatoms. The molecule has 1 N–H and O–H groups in total. The lowest BCUT2D eigenvalue weighted by molar-refractivity contribution is 0.0638. The van der Waals surface area contributed by atoms with Crippen LogP contribution >= 0.6 is 11.6 Å². The molecule has 3 aromatic rings. The van der Waals surface area contributed by atoms with Gasteiger partial charge in [-0.15, -0.1) is 0 Å². The second kappa shape index (κ2) is 6.03.